The van der Waals surface area contributed by atoms with E-state index in [0.717, 1.165) is 18.7 Å². The maximum atomic E-state index is 11.2. The molecule has 1 aliphatic rings. The normalized spacial score (nSPS) is 21.4. The molecule has 0 aromatic heterocycles. The van der Waals surface area contributed by atoms with Gasteiger partial charge in [-0.05, 0) is 36.4 Å². The lowest BCUT2D eigenvalue weighted by molar-refractivity contribution is 0.461. The van der Waals surface area contributed by atoms with E-state index in [1.165, 1.54) is 24.7 Å². The molecule has 0 spiro atoms. The maximum Gasteiger partial charge on any atom is 0.151 e. The molecule has 0 saturated carbocycles. The Kier molecular flexibility index (Phi) is 3.84. The SMILES string of the molecule is CS(=O)(=O)Cc1ccc(C2CCCNC2)cc1. The Balaban J connectivity index is 2.07. The summed E-state index contributed by atoms with van der Waals surface area (Å²) in [5.74, 6) is 0.715. The van der Waals surface area contributed by atoms with Crippen molar-refractivity contribution in [1.29, 1.82) is 0 Å². The summed E-state index contributed by atoms with van der Waals surface area (Å²) >= 11 is 0. The van der Waals surface area contributed by atoms with Crippen LogP contribution in [-0.2, 0) is 15.6 Å². The van der Waals surface area contributed by atoms with Gasteiger partial charge in [-0.2, -0.15) is 0 Å². The van der Waals surface area contributed by atoms with Crippen molar-refractivity contribution in [2.75, 3.05) is 19.3 Å². The molecule has 1 aromatic carbocycles. The van der Waals surface area contributed by atoms with Gasteiger partial charge in [0.25, 0.3) is 0 Å². The third-order valence-corrected chi connectivity index (χ3v) is 4.03. The van der Waals surface area contributed by atoms with Crippen LogP contribution in [0.25, 0.3) is 0 Å². The fourth-order valence-electron chi connectivity index (χ4n) is 2.33. The first-order valence-corrected chi connectivity index (χ1v) is 8.08. The van der Waals surface area contributed by atoms with E-state index in [1.54, 1.807) is 0 Å². The summed E-state index contributed by atoms with van der Waals surface area (Å²) in [5.41, 5.74) is 2.19. The van der Waals surface area contributed by atoms with Crippen LogP contribution < -0.4 is 5.32 Å². The molecule has 1 aliphatic heterocycles. The highest BCUT2D eigenvalue weighted by Gasteiger charge is 2.15. The van der Waals surface area contributed by atoms with Crippen molar-refractivity contribution >= 4 is 9.84 Å². The van der Waals surface area contributed by atoms with Crippen molar-refractivity contribution < 1.29 is 8.42 Å². The first-order valence-electron chi connectivity index (χ1n) is 6.02. The van der Waals surface area contributed by atoms with E-state index in [2.05, 4.69) is 17.4 Å². The van der Waals surface area contributed by atoms with Crippen LogP contribution in [0.4, 0.5) is 0 Å². The van der Waals surface area contributed by atoms with Crippen LogP contribution in [-0.4, -0.2) is 27.8 Å². The minimum Gasteiger partial charge on any atom is -0.316 e. The Bertz CT molecular complexity index is 459. The van der Waals surface area contributed by atoms with Crippen molar-refractivity contribution in [1.82, 2.24) is 5.32 Å². The highest BCUT2D eigenvalue weighted by atomic mass is 32.2. The monoisotopic (exact) mass is 253 g/mol. The average molecular weight is 253 g/mol. The third-order valence-electron chi connectivity index (χ3n) is 3.18. The second-order valence-corrected chi connectivity index (χ2v) is 7.00. The van der Waals surface area contributed by atoms with Gasteiger partial charge in [-0.25, -0.2) is 8.42 Å². The average Bonchev–Trinajstić information content (AvgIpc) is 2.29. The van der Waals surface area contributed by atoms with E-state index in [9.17, 15) is 8.42 Å². The molecule has 0 aliphatic carbocycles. The Labute approximate surface area is 103 Å². The Morgan fingerprint density at radius 2 is 2.00 bits per heavy atom. The Morgan fingerprint density at radius 3 is 2.53 bits per heavy atom. The van der Waals surface area contributed by atoms with Crippen LogP contribution in [0.2, 0.25) is 0 Å². The lowest BCUT2D eigenvalue weighted by atomic mass is 9.91. The van der Waals surface area contributed by atoms with Gasteiger partial charge in [-0.15, -0.1) is 0 Å². The minimum atomic E-state index is -2.93. The zero-order valence-corrected chi connectivity index (χ0v) is 11.0. The first-order chi connectivity index (χ1) is 8.04. The predicted molar refractivity (Wildman–Crippen MR) is 69.8 cm³/mol. The van der Waals surface area contributed by atoms with Crippen LogP contribution in [0.15, 0.2) is 24.3 Å². The van der Waals surface area contributed by atoms with Gasteiger partial charge in [0.15, 0.2) is 9.84 Å². The number of piperidine rings is 1. The van der Waals surface area contributed by atoms with Crippen molar-refractivity contribution in [3.05, 3.63) is 35.4 Å². The summed E-state index contributed by atoms with van der Waals surface area (Å²) in [6.45, 7) is 2.15. The van der Waals surface area contributed by atoms with Crippen LogP contribution >= 0.6 is 0 Å². The third kappa shape index (κ3) is 3.82. The van der Waals surface area contributed by atoms with Crippen LogP contribution in [0, 0.1) is 0 Å². The fraction of sp³-hybridized carbons (Fsp3) is 0.538. The first kappa shape index (κ1) is 12.6. The zero-order valence-electron chi connectivity index (χ0n) is 10.1. The molecule has 0 bridgehead atoms. The number of benzene rings is 1. The molecule has 1 aromatic rings. The maximum absolute atomic E-state index is 11.2. The van der Waals surface area contributed by atoms with Gasteiger partial charge >= 0.3 is 0 Å². The van der Waals surface area contributed by atoms with Gasteiger partial charge in [0.05, 0.1) is 5.75 Å². The van der Waals surface area contributed by atoms with Crippen LogP contribution in [0.1, 0.15) is 29.9 Å². The number of hydrogen-bond donors (Lipinski definition) is 1. The van der Waals surface area contributed by atoms with Crippen LogP contribution in [0.5, 0.6) is 0 Å². The molecule has 1 atom stereocenters. The predicted octanol–water partition coefficient (Wildman–Crippen LogP) is 1.70. The minimum absolute atomic E-state index is 0.135. The smallest absolute Gasteiger partial charge is 0.151 e. The Hall–Kier alpha value is -0.870. The Morgan fingerprint density at radius 1 is 1.29 bits per heavy atom. The molecule has 0 radical (unpaired) electrons. The topological polar surface area (TPSA) is 46.2 Å². The lowest BCUT2D eigenvalue weighted by Gasteiger charge is -2.23. The summed E-state index contributed by atoms with van der Waals surface area (Å²) in [6.07, 6.45) is 3.71. The largest absolute Gasteiger partial charge is 0.316 e. The van der Waals surface area contributed by atoms with Crippen LogP contribution in [0.3, 0.4) is 0 Å². The summed E-state index contributed by atoms with van der Waals surface area (Å²) in [7, 11) is -2.93. The number of rotatable bonds is 3. The van der Waals surface area contributed by atoms with Crippen molar-refractivity contribution in [2.45, 2.75) is 24.5 Å². The van der Waals surface area contributed by atoms with E-state index in [1.807, 2.05) is 12.1 Å². The summed E-state index contributed by atoms with van der Waals surface area (Å²) in [5, 5.41) is 3.39. The number of hydrogen-bond acceptors (Lipinski definition) is 3. The van der Waals surface area contributed by atoms with E-state index in [-0.39, 0.29) is 5.75 Å². The number of nitrogens with one attached hydrogen (secondary N) is 1. The van der Waals surface area contributed by atoms with Gasteiger partial charge < -0.3 is 5.32 Å². The quantitative estimate of drug-likeness (QED) is 0.892. The molecule has 3 nitrogen and oxygen atoms in total. The molecule has 2 rings (SSSR count). The van der Waals surface area contributed by atoms with Gasteiger partial charge in [-0.1, -0.05) is 24.3 Å². The van der Waals surface area contributed by atoms with E-state index < -0.39 is 9.84 Å². The molecule has 94 valence electrons. The summed E-state index contributed by atoms with van der Waals surface area (Å²) in [6, 6.07) is 8.01. The van der Waals surface area contributed by atoms with E-state index >= 15 is 0 Å². The van der Waals surface area contributed by atoms with Gasteiger partial charge in [0.2, 0.25) is 0 Å². The molecular formula is C13H19NO2S. The van der Waals surface area contributed by atoms with Crippen molar-refractivity contribution in [3.8, 4) is 0 Å². The molecule has 1 fully saturated rings. The molecule has 1 heterocycles. The standard InChI is InChI=1S/C13H19NO2S/c1-17(15,16)10-11-4-6-12(7-5-11)13-3-2-8-14-9-13/h4-7,13-14H,2-3,8-10H2,1H3. The lowest BCUT2D eigenvalue weighted by Crippen LogP contribution is -2.28. The summed E-state index contributed by atoms with van der Waals surface area (Å²) < 4.78 is 22.4. The zero-order chi connectivity index (χ0) is 12.3. The van der Waals surface area contributed by atoms with Crippen molar-refractivity contribution in [3.63, 3.8) is 0 Å². The molecule has 4 heteroatoms. The van der Waals surface area contributed by atoms with E-state index in [0.29, 0.717) is 5.92 Å². The second-order valence-electron chi connectivity index (χ2n) is 4.85. The van der Waals surface area contributed by atoms with Gasteiger partial charge in [0, 0.05) is 12.8 Å². The molecule has 0 amide bonds. The molecule has 1 unspecified atom stereocenters. The highest BCUT2D eigenvalue weighted by molar-refractivity contribution is 7.89. The van der Waals surface area contributed by atoms with Gasteiger partial charge in [0.1, 0.15) is 0 Å². The van der Waals surface area contributed by atoms with Crippen molar-refractivity contribution in [2.24, 2.45) is 0 Å². The van der Waals surface area contributed by atoms with E-state index in [4.69, 9.17) is 0 Å². The molecule has 1 N–H and O–H groups in total. The van der Waals surface area contributed by atoms with Gasteiger partial charge in [-0.3, -0.25) is 0 Å². The molecule has 17 heavy (non-hydrogen) atoms. The highest BCUT2D eigenvalue weighted by Crippen LogP contribution is 2.23. The molecular weight excluding hydrogens is 234 g/mol. The molecule has 1 saturated heterocycles. The number of sulfone groups is 1. The second kappa shape index (κ2) is 5.19. The summed E-state index contributed by atoms with van der Waals surface area (Å²) in [4.78, 5) is 0. The fourth-order valence-corrected chi connectivity index (χ4v) is 3.12.